The maximum absolute atomic E-state index is 11.3. The summed E-state index contributed by atoms with van der Waals surface area (Å²) in [5.41, 5.74) is 1.06. The maximum Gasteiger partial charge on any atom is 0.148 e. The van der Waals surface area contributed by atoms with Crippen LogP contribution in [0.3, 0.4) is 0 Å². The Labute approximate surface area is 111 Å². The normalized spacial score (nSPS) is 11.8. The average molecular weight is 265 g/mol. The highest BCUT2D eigenvalue weighted by Gasteiger charge is 2.02. The van der Waals surface area contributed by atoms with Gasteiger partial charge in [0.1, 0.15) is 12.4 Å². The largest absolute Gasteiger partial charge is 0.481 e. The number of terminal acetylenes is 1. The molecule has 0 bridgehead atoms. The molecule has 18 heavy (non-hydrogen) atoms. The Morgan fingerprint density at radius 3 is 2.94 bits per heavy atom. The predicted octanol–water partition coefficient (Wildman–Crippen LogP) is 1.56. The van der Waals surface area contributed by atoms with E-state index in [1.165, 1.54) is 0 Å². The molecular formula is C14H19NO2S. The van der Waals surface area contributed by atoms with Crippen LogP contribution in [0.2, 0.25) is 0 Å². The van der Waals surface area contributed by atoms with Crippen LogP contribution in [0, 0.1) is 12.3 Å². The van der Waals surface area contributed by atoms with E-state index >= 15 is 0 Å². The van der Waals surface area contributed by atoms with Crippen LogP contribution in [0.15, 0.2) is 24.3 Å². The number of nitrogens with one attached hydrogen (secondary N) is 1. The molecule has 1 rings (SSSR count). The zero-order valence-electron chi connectivity index (χ0n) is 10.6. The van der Waals surface area contributed by atoms with Crippen molar-refractivity contribution in [2.45, 2.75) is 13.5 Å². The maximum atomic E-state index is 11.3. The van der Waals surface area contributed by atoms with E-state index in [9.17, 15) is 4.21 Å². The molecule has 1 unspecified atom stereocenters. The van der Waals surface area contributed by atoms with Gasteiger partial charge < -0.3 is 10.1 Å². The van der Waals surface area contributed by atoms with E-state index in [1.54, 1.807) is 0 Å². The fraction of sp³-hybridized carbons (Fsp3) is 0.429. The first-order chi connectivity index (χ1) is 8.77. The molecule has 0 aliphatic carbocycles. The van der Waals surface area contributed by atoms with Gasteiger partial charge in [0.2, 0.25) is 0 Å². The van der Waals surface area contributed by atoms with Crippen molar-refractivity contribution in [2.75, 3.05) is 24.7 Å². The summed E-state index contributed by atoms with van der Waals surface area (Å²) in [6.45, 7) is 3.64. The number of benzene rings is 1. The minimum Gasteiger partial charge on any atom is -0.481 e. The Morgan fingerprint density at radius 2 is 2.22 bits per heavy atom. The van der Waals surface area contributed by atoms with Crippen LogP contribution in [0.4, 0.5) is 0 Å². The van der Waals surface area contributed by atoms with Crippen molar-refractivity contribution in [1.29, 1.82) is 0 Å². The molecule has 0 fully saturated rings. The molecule has 0 radical (unpaired) electrons. The van der Waals surface area contributed by atoms with E-state index in [0.29, 0.717) is 18.1 Å². The number of para-hydroxylation sites is 1. The Bertz CT molecular complexity index is 426. The summed E-state index contributed by atoms with van der Waals surface area (Å²) >= 11 is 0. The van der Waals surface area contributed by atoms with E-state index in [2.05, 4.69) is 11.2 Å². The van der Waals surface area contributed by atoms with Crippen LogP contribution >= 0.6 is 0 Å². The van der Waals surface area contributed by atoms with Crippen molar-refractivity contribution in [1.82, 2.24) is 5.32 Å². The van der Waals surface area contributed by atoms with E-state index in [0.717, 1.165) is 17.9 Å². The lowest BCUT2D eigenvalue weighted by molar-refractivity contribution is 0.365. The van der Waals surface area contributed by atoms with Gasteiger partial charge in [-0.05, 0) is 6.07 Å². The molecule has 4 heteroatoms. The first-order valence-electron chi connectivity index (χ1n) is 5.97. The minimum atomic E-state index is -0.715. The lowest BCUT2D eigenvalue weighted by Crippen LogP contribution is -2.21. The van der Waals surface area contributed by atoms with Crippen molar-refractivity contribution in [3.05, 3.63) is 29.8 Å². The van der Waals surface area contributed by atoms with Crippen LogP contribution in [0.25, 0.3) is 0 Å². The second-order valence-electron chi connectivity index (χ2n) is 3.71. The number of rotatable bonds is 8. The van der Waals surface area contributed by atoms with E-state index in [4.69, 9.17) is 11.2 Å². The SMILES string of the molecule is C#CCOc1ccccc1CNCCS(=O)CC. The molecule has 0 aromatic heterocycles. The molecule has 0 saturated heterocycles. The van der Waals surface area contributed by atoms with E-state index in [1.807, 2.05) is 31.2 Å². The summed E-state index contributed by atoms with van der Waals surface area (Å²) in [6.07, 6.45) is 5.17. The highest BCUT2D eigenvalue weighted by molar-refractivity contribution is 7.84. The summed E-state index contributed by atoms with van der Waals surface area (Å²) in [6, 6.07) is 7.78. The number of ether oxygens (including phenoxy) is 1. The Morgan fingerprint density at radius 1 is 1.44 bits per heavy atom. The lowest BCUT2D eigenvalue weighted by Gasteiger charge is -2.10. The van der Waals surface area contributed by atoms with Crippen molar-refractivity contribution in [3.63, 3.8) is 0 Å². The van der Waals surface area contributed by atoms with Gasteiger partial charge in [0.05, 0.1) is 0 Å². The van der Waals surface area contributed by atoms with Crippen molar-refractivity contribution in [2.24, 2.45) is 0 Å². The minimum absolute atomic E-state index is 0.275. The highest BCUT2D eigenvalue weighted by Crippen LogP contribution is 2.17. The Kier molecular flexibility index (Phi) is 7.16. The molecule has 1 aromatic rings. The number of hydrogen-bond acceptors (Lipinski definition) is 3. The summed E-state index contributed by atoms with van der Waals surface area (Å²) in [5.74, 6) is 4.65. The van der Waals surface area contributed by atoms with Gasteiger partial charge in [0.25, 0.3) is 0 Å². The van der Waals surface area contributed by atoms with E-state index in [-0.39, 0.29) is 6.61 Å². The fourth-order valence-electron chi connectivity index (χ4n) is 1.46. The molecule has 0 spiro atoms. The molecule has 3 nitrogen and oxygen atoms in total. The molecule has 0 saturated carbocycles. The topological polar surface area (TPSA) is 38.3 Å². The smallest absolute Gasteiger partial charge is 0.148 e. The van der Waals surface area contributed by atoms with Gasteiger partial charge in [-0.3, -0.25) is 4.21 Å². The van der Waals surface area contributed by atoms with Crippen LogP contribution < -0.4 is 10.1 Å². The third kappa shape index (κ3) is 5.35. The summed E-state index contributed by atoms with van der Waals surface area (Å²) in [4.78, 5) is 0. The Balaban J connectivity index is 2.41. The molecule has 0 aliphatic rings. The molecule has 1 aromatic carbocycles. The predicted molar refractivity (Wildman–Crippen MR) is 76.0 cm³/mol. The lowest BCUT2D eigenvalue weighted by atomic mass is 10.2. The average Bonchev–Trinajstić information content (AvgIpc) is 2.42. The van der Waals surface area contributed by atoms with Crippen molar-refractivity contribution in [3.8, 4) is 18.1 Å². The van der Waals surface area contributed by atoms with Gasteiger partial charge in [0.15, 0.2) is 0 Å². The molecule has 0 aliphatic heterocycles. The second kappa shape index (κ2) is 8.73. The molecular weight excluding hydrogens is 246 g/mol. The summed E-state index contributed by atoms with van der Waals surface area (Å²) in [5, 5.41) is 3.26. The van der Waals surface area contributed by atoms with Gasteiger partial charge in [-0.2, -0.15) is 0 Å². The van der Waals surface area contributed by atoms with Crippen LogP contribution in [-0.4, -0.2) is 28.9 Å². The van der Waals surface area contributed by atoms with E-state index < -0.39 is 10.8 Å². The van der Waals surface area contributed by atoms with Gasteiger partial charge in [-0.1, -0.05) is 31.0 Å². The Hall–Kier alpha value is -1.31. The van der Waals surface area contributed by atoms with Gasteiger partial charge in [-0.15, -0.1) is 6.42 Å². The quantitative estimate of drug-likeness (QED) is 0.572. The molecule has 1 N–H and O–H groups in total. The molecule has 1 atom stereocenters. The summed E-state index contributed by atoms with van der Waals surface area (Å²) in [7, 11) is -0.715. The first kappa shape index (κ1) is 14.7. The van der Waals surface area contributed by atoms with Crippen LogP contribution in [0.1, 0.15) is 12.5 Å². The van der Waals surface area contributed by atoms with Crippen molar-refractivity contribution >= 4 is 10.8 Å². The first-order valence-corrected chi connectivity index (χ1v) is 7.46. The summed E-state index contributed by atoms with van der Waals surface area (Å²) < 4.78 is 16.7. The zero-order chi connectivity index (χ0) is 13.2. The van der Waals surface area contributed by atoms with Crippen LogP contribution in [-0.2, 0) is 17.3 Å². The molecule has 0 heterocycles. The third-order valence-electron chi connectivity index (χ3n) is 2.43. The number of hydrogen-bond donors (Lipinski definition) is 1. The third-order valence-corrected chi connectivity index (χ3v) is 3.73. The van der Waals surface area contributed by atoms with Gasteiger partial charge >= 0.3 is 0 Å². The van der Waals surface area contributed by atoms with Gasteiger partial charge in [0, 0.05) is 41.0 Å². The molecule has 0 amide bonds. The van der Waals surface area contributed by atoms with Crippen molar-refractivity contribution < 1.29 is 8.95 Å². The fourth-order valence-corrected chi connectivity index (χ4v) is 2.12. The highest BCUT2D eigenvalue weighted by atomic mass is 32.2. The second-order valence-corrected chi connectivity index (χ2v) is 5.58. The molecule has 98 valence electrons. The zero-order valence-corrected chi connectivity index (χ0v) is 11.5. The van der Waals surface area contributed by atoms with Crippen LogP contribution in [0.5, 0.6) is 5.75 Å². The van der Waals surface area contributed by atoms with Gasteiger partial charge in [-0.25, -0.2) is 0 Å². The standard InChI is InChI=1S/C14H19NO2S/c1-3-10-17-14-8-6-5-7-13(14)12-15-9-11-18(16)4-2/h1,5-8,15H,4,9-12H2,2H3. The monoisotopic (exact) mass is 265 g/mol.